The van der Waals surface area contributed by atoms with Crippen molar-refractivity contribution in [3.63, 3.8) is 0 Å². The minimum atomic E-state index is -0.761. The number of ketones is 1. The minimum Gasteiger partial charge on any atom is -0.456 e. The van der Waals surface area contributed by atoms with Gasteiger partial charge in [0.15, 0.2) is 12.4 Å². The molecule has 1 N–H and O–H groups in total. The van der Waals surface area contributed by atoms with Crippen molar-refractivity contribution in [2.24, 2.45) is 0 Å². The first-order valence-corrected chi connectivity index (χ1v) is 7.73. The Kier molecular flexibility index (Phi) is 6.20. The number of carbonyl (C=O) groups is 3. The monoisotopic (exact) mass is 393 g/mol. The van der Waals surface area contributed by atoms with E-state index in [0.29, 0.717) is 5.56 Å². The first-order valence-electron chi connectivity index (χ1n) is 6.94. The fourth-order valence-corrected chi connectivity index (χ4v) is 2.23. The predicted molar refractivity (Wildman–Crippen MR) is 88.2 cm³/mol. The maximum absolute atomic E-state index is 13.0. The van der Waals surface area contributed by atoms with Crippen LogP contribution >= 0.6 is 15.9 Å². The summed E-state index contributed by atoms with van der Waals surface area (Å²) in [4.78, 5) is 35.2. The molecule has 0 atom stereocenters. The number of nitrogens with one attached hydrogen (secondary N) is 1. The van der Waals surface area contributed by atoms with E-state index in [1.807, 2.05) is 0 Å². The summed E-state index contributed by atoms with van der Waals surface area (Å²) in [6.07, 6.45) is 0. The zero-order valence-corrected chi connectivity index (χ0v) is 14.0. The van der Waals surface area contributed by atoms with Crippen LogP contribution in [0, 0.1) is 5.82 Å². The van der Waals surface area contributed by atoms with E-state index in [9.17, 15) is 18.8 Å². The van der Waals surface area contributed by atoms with E-state index in [4.69, 9.17) is 4.74 Å². The number of amides is 1. The van der Waals surface area contributed by atoms with E-state index in [0.717, 1.165) is 10.5 Å². The third kappa shape index (κ3) is 5.27. The molecule has 24 heavy (non-hydrogen) atoms. The van der Waals surface area contributed by atoms with Gasteiger partial charge in [0.05, 0.1) is 0 Å². The van der Waals surface area contributed by atoms with Crippen LogP contribution in [0.2, 0.25) is 0 Å². The van der Waals surface area contributed by atoms with Crippen LogP contribution in [0.3, 0.4) is 0 Å². The normalized spacial score (nSPS) is 10.1. The van der Waals surface area contributed by atoms with Crippen LogP contribution in [0.1, 0.15) is 20.7 Å². The molecule has 0 bridgehead atoms. The molecule has 2 aromatic carbocycles. The lowest BCUT2D eigenvalue weighted by atomic mass is 10.1. The Balaban J connectivity index is 1.79. The van der Waals surface area contributed by atoms with E-state index < -0.39 is 30.8 Å². The van der Waals surface area contributed by atoms with E-state index >= 15 is 0 Å². The molecule has 0 radical (unpaired) electrons. The average Bonchev–Trinajstić information content (AvgIpc) is 2.57. The van der Waals surface area contributed by atoms with Crippen LogP contribution in [-0.4, -0.2) is 30.8 Å². The number of benzene rings is 2. The Morgan fingerprint density at radius 2 is 1.75 bits per heavy atom. The highest BCUT2D eigenvalue weighted by Gasteiger charge is 2.12. The molecule has 2 aromatic rings. The van der Waals surface area contributed by atoms with Crippen molar-refractivity contribution in [3.8, 4) is 0 Å². The van der Waals surface area contributed by atoms with Gasteiger partial charge in [-0.2, -0.15) is 0 Å². The summed E-state index contributed by atoms with van der Waals surface area (Å²) in [7, 11) is 0. The Morgan fingerprint density at radius 1 is 1.04 bits per heavy atom. The molecule has 5 nitrogen and oxygen atoms in total. The number of carbonyl (C=O) groups excluding carboxylic acids is 3. The summed E-state index contributed by atoms with van der Waals surface area (Å²) in [5, 5.41) is 2.30. The van der Waals surface area contributed by atoms with Gasteiger partial charge in [-0.15, -0.1) is 0 Å². The van der Waals surface area contributed by atoms with Crippen molar-refractivity contribution in [3.05, 3.63) is 69.9 Å². The molecular weight excluding hydrogens is 381 g/mol. The summed E-state index contributed by atoms with van der Waals surface area (Å²) in [5.41, 5.74) is 0.494. The Morgan fingerprint density at radius 3 is 2.46 bits per heavy atom. The van der Waals surface area contributed by atoms with Crippen molar-refractivity contribution in [1.29, 1.82) is 0 Å². The molecule has 0 unspecified atom stereocenters. The van der Waals surface area contributed by atoms with Crippen LogP contribution in [0.5, 0.6) is 0 Å². The van der Waals surface area contributed by atoms with Crippen LogP contribution in [0.15, 0.2) is 53.0 Å². The van der Waals surface area contributed by atoms with Crippen molar-refractivity contribution in [2.75, 3.05) is 13.2 Å². The smallest absolute Gasteiger partial charge is 0.325 e. The average molecular weight is 394 g/mol. The van der Waals surface area contributed by atoms with Crippen LogP contribution in [0.25, 0.3) is 0 Å². The van der Waals surface area contributed by atoms with Gasteiger partial charge in [0, 0.05) is 15.6 Å². The number of esters is 1. The van der Waals surface area contributed by atoms with Gasteiger partial charge < -0.3 is 10.1 Å². The van der Waals surface area contributed by atoms with Gasteiger partial charge >= 0.3 is 5.97 Å². The number of hydrogen-bond donors (Lipinski definition) is 1. The fourth-order valence-electron chi connectivity index (χ4n) is 1.83. The quantitative estimate of drug-likeness (QED) is 0.604. The molecule has 7 heteroatoms. The highest BCUT2D eigenvalue weighted by atomic mass is 79.9. The van der Waals surface area contributed by atoms with Gasteiger partial charge in [-0.3, -0.25) is 14.4 Å². The molecule has 0 aliphatic rings. The van der Waals surface area contributed by atoms with Crippen LogP contribution in [-0.2, 0) is 9.53 Å². The molecule has 0 aromatic heterocycles. The molecule has 2 rings (SSSR count). The van der Waals surface area contributed by atoms with Gasteiger partial charge in [-0.1, -0.05) is 34.1 Å². The number of ether oxygens (including phenoxy) is 1. The highest BCUT2D eigenvalue weighted by molar-refractivity contribution is 9.10. The Bertz CT molecular complexity index is 715. The number of rotatable bonds is 6. The van der Waals surface area contributed by atoms with Gasteiger partial charge in [0.2, 0.25) is 0 Å². The zero-order chi connectivity index (χ0) is 17.5. The maximum Gasteiger partial charge on any atom is 0.325 e. The zero-order valence-electron chi connectivity index (χ0n) is 12.4. The largest absolute Gasteiger partial charge is 0.456 e. The molecule has 0 fully saturated rings. The lowest BCUT2D eigenvalue weighted by Gasteiger charge is -2.06. The van der Waals surface area contributed by atoms with Crippen molar-refractivity contribution in [2.45, 2.75) is 0 Å². The molecule has 0 aliphatic heterocycles. The highest BCUT2D eigenvalue weighted by Crippen LogP contribution is 2.12. The molecular formula is C17H13BrFNO4. The van der Waals surface area contributed by atoms with Crippen LogP contribution < -0.4 is 5.32 Å². The number of Topliss-reactive ketones (excluding diaryl/α,β-unsaturated/α-hetero) is 1. The van der Waals surface area contributed by atoms with E-state index in [-0.39, 0.29) is 11.3 Å². The summed E-state index contributed by atoms with van der Waals surface area (Å²) < 4.78 is 18.6. The Hall–Kier alpha value is -2.54. The van der Waals surface area contributed by atoms with Crippen molar-refractivity contribution in [1.82, 2.24) is 5.32 Å². The summed E-state index contributed by atoms with van der Waals surface area (Å²) in [5.74, 6) is -2.28. The maximum atomic E-state index is 13.0. The topological polar surface area (TPSA) is 72.5 Å². The van der Waals surface area contributed by atoms with Gasteiger partial charge in [0.1, 0.15) is 12.4 Å². The number of halogens is 2. The summed E-state index contributed by atoms with van der Waals surface area (Å²) in [6, 6.07) is 11.7. The lowest BCUT2D eigenvalue weighted by Crippen LogP contribution is -2.31. The molecule has 0 spiro atoms. The predicted octanol–water partition coefficient (Wildman–Crippen LogP) is 2.74. The molecule has 124 valence electrons. The van der Waals surface area contributed by atoms with E-state index in [2.05, 4.69) is 21.2 Å². The fraction of sp³-hybridized carbons (Fsp3) is 0.118. The minimum absolute atomic E-state index is 0.0908. The molecule has 0 saturated carbocycles. The van der Waals surface area contributed by atoms with Crippen LogP contribution in [0.4, 0.5) is 4.39 Å². The second-order valence-corrected chi connectivity index (χ2v) is 5.70. The third-order valence-corrected chi connectivity index (χ3v) is 3.48. The summed E-state index contributed by atoms with van der Waals surface area (Å²) >= 11 is 3.24. The second-order valence-electron chi connectivity index (χ2n) is 4.79. The number of hydrogen-bond acceptors (Lipinski definition) is 4. The first kappa shape index (κ1) is 17.8. The molecule has 1 amide bonds. The van der Waals surface area contributed by atoms with E-state index in [1.54, 1.807) is 24.3 Å². The molecule has 0 aliphatic carbocycles. The SMILES string of the molecule is O=C(CNC(=O)c1cccc(F)c1)OCC(=O)c1cccc(Br)c1. The van der Waals surface area contributed by atoms with Gasteiger partial charge in [-0.05, 0) is 30.3 Å². The second kappa shape index (κ2) is 8.35. The lowest BCUT2D eigenvalue weighted by molar-refractivity contribution is -0.141. The van der Waals surface area contributed by atoms with Gasteiger partial charge in [-0.25, -0.2) is 4.39 Å². The van der Waals surface area contributed by atoms with Crippen molar-refractivity contribution >= 4 is 33.6 Å². The van der Waals surface area contributed by atoms with E-state index in [1.165, 1.54) is 18.2 Å². The third-order valence-electron chi connectivity index (χ3n) is 2.99. The Labute approximate surface area is 145 Å². The molecule has 0 saturated heterocycles. The molecule has 0 heterocycles. The first-order chi connectivity index (χ1) is 11.5. The van der Waals surface area contributed by atoms with Gasteiger partial charge in [0.25, 0.3) is 5.91 Å². The van der Waals surface area contributed by atoms with Crippen molar-refractivity contribution < 1.29 is 23.5 Å². The standard InChI is InChI=1S/C17H13BrFNO4/c18-13-5-1-3-11(7-13)15(21)10-24-16(22)9-20-17(23)12-4-2-6-14(19)8-12/h1-8H,9-10H2,(H,20,23). The summed E-state index contributed by atoms with van der Waals surface area (Å²) in [6.45, 7) is -0.841.